The molecule has 0 aromatic carbocycles. The van der Waals surface area contributed by atoms with Crippen molar-refractivity contribution in [3.05, 3.63) is 0 Å². The largest absolute Gasteiger partial charge is 0.317 e. The van der Waals surface area contributed by atoms with E-state index in [1.54, 1.807) is 0 Å². The van der Waals surface area contributed by atoms with Crippen molar-refractivity contribution in [3.63, 3.8) is 0 Å². The van der Waals surface area contributed by atoms with Crippen molar-refractivity contribution in [1.29, 1.82) is 0 Å². The van der Waals surface area contributed by atoms with Crippen molar-refractivity contribution in [2.75, 3.05) is 20.1 Å². The molecular weight excluding hydrogens is 136 g/mol. The van der Waals surface area contributed by atoms with Crippen LogP contribution in [-0.4, -0.2) is 26.2 Å². The quantitative estimate of drug-likeness (QED) is 0.578. The standard InChI is InChI=1S/C9H18N2/c1-10-9-4-7-2-3-11-6-8(7)5-9/h7-11H,2-6H2,1H3. The Hall–Kier alpha value is -0.0800. The predicted molar refractivity (Wildman–Crippen MR) is 46.5 cm³/mol. The fraction of sp³-hybridized carbons (Fsp3) is 1.00. The molecule has 2 nitrogen and oxygen atoms in total. The van der Waals surface area contributed by atoms with Gasteiger partial charge in [-0.1, -0.05) is 0 Å². The normalized spacial score (nSPS) is 43.9. The third kappa shape index (κ3) is 1.42. The van der Waals surface area contributed by atoms with Gasteiger partial charge in [0.05, 0.1) is 0 Å². The third-order valence-corrected chi connectivity index (χ3v) is 3.35. The van der Waals surface area contributed by atoms with Crippen LogP contribution < -0.4 is 10.6 Å². The fourth-order valence-electron chi connectivity index (χ4n) is 2.63. The van der Waals surface area contributed by atoms with Crippen LogP contribution in [0.2, 0.25) is 0 Å². The fourth-order valence-corrected chi connectivity index (χ4v) is 2.63. The van der Waals surface area contributed by atoms with E-state index in [1.165, 1.54) is 32.4 Å². The minimum atomic E-state index is 0.810. The summed E-state index contributed by atoms with van der Waals surface area (Å²) in [6.45, 7) is 2.51. The smallest absolute Gasteiger partial charge is 0.00700 e. The number of nitrogens with one attached hydrogen (secondary N) is 2. The topological polar surface area (TPSA) is 24.1 Å². The van der Waals surface area contributed by atoms with Crippen LogP contribution in [0.3, 0.4) is 0 Å². The Balaban J connectivity index is 1.92. The maximum Gasteiger partial charge on any atom is 0.00700 e. The van der Waals surface area contributed by atoms with Crippen LogP contribution in [-0.2, 0) is 0 Å². The van der Waals surface area contributed by atoms with Gasteiger partial charge in [0.1, 0.15) is 0 Å². The Bertz CT molecular complexity index is 122. The van der Waals surface area contributed by atoms with E-state index in [0.717, 1.165) is 17.9 Å². The average molecular weight is 154 g/mol. The molecule has 11 heavy (non-hydrogen) atoms. The maximum atomic E-state index is 3.47. The number of hydrogen-bond donors (Lipinski definition) is 2. The second-order valence-electron chi connectivity index (χ2n) is 3.97. The molecule has 2 rings (SSSR count). The molecule has 0 amide bonds. The van der Waals surface area contributed by atoms with E-state index in [4.69, 9.17) is 0 Å². The van der Waals surface area contributed by atoms with Crippen LogP contribution in [0.25, 0.3) is 0 Å². The Morgan fingerprint density at radius 3 is 2.82 bits per heavy atom. The van der Waals surface area contributed by atoms with Crippen molar-refractivity contribution in [2.45, 2.75) is 25.3 Å². The molecule has 2 N–H and O–H groups in total. The van der Waals surface area contributed by atoms with Crippen molar-refractivity contribution >= 4 is 0 Å². The zero-order valence-electron chi connectivity index (χ0n) is 7.27. The van der Waals surface area contributed by atoms with Gasteiger partial charge < -0.3 is 10.6 Å². The highest BCUT2D eigenvalue weighted by Gasteiger charge is 2.34. The summed E-state index contributed by atoms with van der Waals surface area (Å²) in [6.07, 6.45) is 4.22. The minimum absolute atomic E-state index is 0.810. The van der Waals surface area contributed by atoms with Gasteiger partial charge in [-0.05, 0) is 51.2 Å². The molecule has 1 aliphatic heterocycles. The van der Waals surface area contributed by atoms with Crippen LogP contribution in [0.1, 0.15) is 19.3 Å². The lowest BCUT2D eigenvalue weighted by atomic mass is 9.90. The molecule has 0 radical (unpaired) electrons. The number of rotatable bonds is 1. The Kier molecular flexibility index (Phi) is 2.14. The maximum absolute atomic E-state index is 3.47. The first-order valence-electron chi connectivity index (χ1n) is 4.78. The van der Waals surface area contributed by atoms with Crippen molar-refractivity contribution < 1.29 is 0 Å². The SMILES string of the molecule is CNC1CC2CCNCC2C1. The second-order valence-corrected chi connectivity index (χ2v) is 3.97. The summed E-state index contributed by atoms with van der Waals surface area (Å²) in [5.41, 5.74) is 0. The summed E-state index contributed by atoms with van der Waals surface area (Å²) in [7, 11) is 2.09. The highest BCUT2D eigenvalue weighted by atomic mass is 14.9. The van der Waals surface area contributed by atoms with Gasteiger partial charge in [-0.15, -0.1) is 0 Å². The molecule has 1 saturated heterocycles. The molecule has 0 bridgehead atoms. The molecule has 1 saturated carbocycles. The van der Waals surface area contributed by atoms with Gasteiger partial charge in [-0.2, -0.15) is 0 Å². The molecule has 3 atom stereocenters. The van der Waals surface area contributed by atoms with E-state index in [2.05, 4.69) is 17.7 Å². The molecule has 0 spiro atoms. The van der Waals surface area contributed by atoms with Crippen LogP contribution >= 0.6 is 0 Å². The van der Waals surface area contributed by atoms with Crippen LogP contribution in [0.4, 0.5) is 0 Å². The van der Waals surface area contributed by atoms with E-state index in [9.17, 15) is 0 Å². The summed E-state index contributed by atoms with van der Waals surface area (Å²) in [5.74, 6) is 2.00. The monoisotopic (exact) mass is 154 g/mol. The molecule has 64 valence electrons. The van der Waals surface area contributed by atoms with Crippen LogP contribution in [0.15, 0.2) is 0 Å². The van der Waals surface area contributed by atoms with Gasteiger partial charge in [0.15, 0.2) is 0 Å². The lowest BCUT2D eigenvalue weighted by molar-refractivity contribution is 0.295. The van der Waals surface area contributed by atoms with Gasteiger partial charge in [-0.3, -0.25) is 0 Å². The summed E-state index contributed by atoms with van der Waals surface area (Å²) in [6, 6.07) is 0.810. The zero-order chi connectivity index (χ0) is 7.68. The van der Waals surface area contributed by atoms with Gasteiger partial charge in [-0.25, -0.2) is 0 Å². The zero-order valence-corrected chi connectivity index (χ0v) is 7.27. The lowest BCUT2D eigenvalue weighted by Crippen LogP contribution is -2.33. The first-order valence-corrected chi connectivity index (χ1v) is 4.78. The summed E-state index contributed by atoms with van der Waals surface area (Å²) >= 11 is 0. The summed E-state index contributed by atoms with van der Waals surface area (Å²) < 4.78 is 0. The van der Waals surface area contributed by atoms with Crippen molar-refractivity contribution in [1.82, 2.24) is 10.6 Å². The molecule has 0 aromatic rings. The lowest BCUT2D eigenvalue weighted by Gasteiger charge is -2.25. The number of hydrogen-bond acceptors (Lipinski definition) is 2. The van der Waals surface area contributed by atoms with E-state index in [1.807, 2.05) is 0 Å². The van der Waals surface area contributed by atoms with E-state index < -0.39 is 0 Å². The minimum Gasteiger partial charge on any atom is -0.317 e. The molecule has 1 heterocycles. The van der Waals surface area contributed by atoms with Crippen LogP contribution in [0, 0.1) is 11.8 Å². The summed E-state index contributed by atoms with van der Waals surface area (Å²) in [4.78, 5) is 0. The highest BCUT2D eigenvalue weighted by Crippen LogP contribution is 2.35. The Labute approximate surface area is 68.7 Å². The van der Waals surface area contributed by atoms with Crippen molar-refractivity contribution in [2.24, 2.45) is 11.8 Å². The van der Waals surface area contributed by atoms with Gasteiger partial charge in [0.2, 0.25) is 0 Å². The first kappa shape index (κ1) is 7.56. The Morgan fingerprint density at radius 1 is 1.27 bits per heavy atom. The molecular formula is C9H18N2. The number of fused-ring (bicyclic) bond motifs is 1. The van der Waals surface area contributed by atoms with E-state index in [-0.39, 0.29) is 0 Å². The molecule has 0 aromatic heterocycles. The van der Waals surface area contributed by atoms with E-state index >= 15 is 0 Å². The third-order valence-electron chi connectivity index (χ3n) is 3.35. The molecule has 1 aliphatic carbocycles. The summed E-state index contributed by atoms with van der Waals surface area (Å²) in [5, 5.41) is 6.87. The van der Waals surface area contributed by atoms with Gasteiger partial charge in [0, 0.05) is 6.04 Å². The molecule has 2 heteroatoms. The second kappa shape index (κ2) is 3.11. The number of piperidine rings is 1. The first-order chi connectivity index (χ1) is 5.40. The van der Waals surface area contributed by atoms with Gasteiger partial charge in [0.25, 0.3) is 0 Å². The Morgan fingerprint density at radius 2 is 2.09 bits per heavy atom. The predicted octanol–water partition coefficient (Wildman–Crippen LogP) is 0.594. The van der Waals surface area contributed by atoms with Crippen LogP contribution in [0.5, 0.6) is 0 Å². The highest BCUT2D eigenvalue weighted by molar-refractivity contribution is 4.90. The molecule has 2 aliphatic rings. The molecule has 3 unspecified atom stereocenters. The van der Waals surface area contributed by atoms with Gasteiger partial charge >= 0.3 is 0 Å². The van der Waals surface area contributed by atoms with Crippen molar-refractivity contribution in [3.8, 4) is 0 Å². The molecule has 2 fully saturated rings. The average Bonchev–Trinajstić information content (AvgIpc) is 2.46. The van der Waals surface area contributed by atoms with E-state index in [0.29, 0.717) is 0 Å².